The molecule has 1 aromatic rings. The van der Waals surface area contributed by atoms with Crippen molar-refractivity contribution < 1.29 is 17.7 Å². The van der Waals surface area contributed by atoms with Gasteiger partial charge in [-0.2, -0.15) is 4.98 Å². The summed E-state index contributed by atoms with van der Waals surface area (Å²) in [6, 6.07) is 0. The summed E-state index contributed by atoms with van der Waals surface area (Å²) >= 11 is 0. The Bertz CT molecular complexity index is 841. The van der Waals surface area contributed by atoms with E-state index in [1.165, 1.54) is 17.1 Å². The van der Waals surface area contributed by atoms with E-state index in [1.54, 1.807) is 13.8 Å². The van der Waals surface area contributed by atoms with E-state index in [0.717, 1.165) is 25.9 Å². The molecule has 1 unspecified atom stereocenters. The molecule has 1 spiro atoms. The van der Waals surface area contributed by atoms with Crippen LogP contribution in [0.25, 0.3) is 0 Å². The predicted octanol–water partition coefficient (Wildman–Crippen LogP) is 0.832. The van der Waals surface area contributed by atoms with Gasteiger partial charge in [0.15, 0.2) is 5.82 Å². The highest BCUT2D eigenvalue weighted by Gasteiger charge is 2.59. The first kappa shape index (κ1) is 20.7. The fourth-order valence-electron chi connectivity index (χ4n) is 4.91. The van der Waals surface area contributed by atoms with Crippen LogP contribution >= 0.6 is 0 Å². The first-order valence-electron chi connectivity index (χ1n) is 10.6. The van der Waals surface area contributed by atoms with Crippen LogP contribution in [0.5, 0.6) is 0 Å². The van der Waals surface area contributed by atoms with E-state index in [-0.39, 0.29) is 23.0 Å². The largest absolute Gasteiger partial charge is 0.340 e. The molecule has 0 radical (unpaired) electrons. The molecule has 29 heavy (non-hydrogen) atoms. The fourth-order valence-corrected chi connectivity index (χ4v) is 6.10. The summed E-state index contributed by atoms with van der Waals surface area (Å²) in [7, 11) is -3.31. The lowest BCUT2D eigenvalue weighted by atomic mass is 9.71. The van der Waals surface area contributed by atoms with Gasteiger partial charge in [-0.15, -0.1) is 0 Å². The zero-order chi connectivity index (χ0) is 20.6. The summed E-state index contributed by atoms with van der Waals surface area (Å²) in [5.74, 6) is 1.05. The topological polar surface area (TPSA) is 99.9 Å². The fraction of sp³-hybridized carbons (Fsp3) is 0.842. The van der Waals surface area contributed by atoms with Crippen molar-refractivity contribution in [2.75, 3.05) is 51.6 Å². The molecule has 0 bridgehead atoms. The molecule has 0 saturated carbocycles. The van der Waals surface area contributed by atoms with Gasteiger partial charge in [0.2, 0.25) is 21.8 Å². The average molecular weight is 426 g/mol. The molecular weight excluding hydrogens is 394 g/mol. The molecule has 0 aromatic carbocycles. The molecule has 4 heterocycles. The summed E-state index contributed by atoms with van der Waals surface area (Å²) in [5, 5.41) is 3.89. The van der Waals surface area contributed by atoms with Crippen LogP contribution in [0, 0.1) is 12.3 Å². The Kier molecular flexibility index (Phi) is 5.69. The lowest BCUT2D eigenvalue weighted by Gasteiger charge is -2.50. The standard InChI is InChI=1S/C19H31N5O4S/c1-3-29(26,27)24-10-16(18-20-15(2)21-28-18)19(14-24)12-23(13-19)17(25)11-22-8-6-4-5-7-9-22/h16H,3-14H2,1-2H3. The molecule has 0 aliphatic carbocycles. The van der Waals surface area contributed by atoms with Crippen LogP contribution in [0.4, 0.5) is 0 Å². The molecule has 3 aliphatic heterocycles. The molecule has 1 amide bonds. The lowest BCUT2D eigenvalue weighted by Crippen LogP contribution is -2.63. The number of aromatic nitrogens is 2. The van der Waals surface area contributed by atoms with Crippen molar-refractivity contribution >= 4 is 15.9 Å². The normalized spacial score (nSPS) is 25.9. The second-order valence-electron chi connectivity index (χ2n) is 8.73. The van der Waals surface area contributed by atoms with Gasteiger partial charge in [0.05, 0.1) is 18.2 Å². The van der Waals surface area contributed by atoms with Gasteiger partial charge in [-0.3, -0.25) is 9.69 Å². The van der Waals surface area contributed by atoms with Gasteiger partial charge < -0.3 is 9.42 Å². The van der Waals surface area contributed by atoms with E-state index in [1.807, 2.05) is 4.90 Å². The number of carbonyl (C=O) groups excluding carboxylic acids is 1. The zero-order valence-electron chi connectivity index (χ0n) is 17.3. The van der Waals surface area contributed by atoms with Crippen molar-refractivity contribution in [3.63, 3.8) is 0 Å². The first-order valence-corrected chi connectivity index (χ1v) is 12.2. The van der Waals surface area contributed by atoms with Crippen LogP contribution < -0.4 is 0 Å². The molecule has 3 fully saturated rings. The highest BCUT2D eigenvalue weighted by molar-refractivity contribution is 7.89. The number of aryl methyl sites for hydroxylation is 1. The average Bonchev–Trinajstić information content (AvgIpc) is 3.18. The van der Waals surface area contributed by atoms with Crippen molar-refractivity contribution in [2.24, 2.45) is 5.41 Å². The molecule has 3 aliphatic rings. The van der Waals surface area contributed by atoms with Crippen molar-refractivity contribution in [3.05, 3.63) is 11.7 Å². The maximum absolute atomic E-state index is 12.8. The van der Waals surface area contributed by atoms with E-state index in [0.29, 0.717) is 44.4 Å². The molecule has 10 heteroatoms. The Morgan fingerprint density at radius 1 is 1.17 bits per heavy atom. The number of sulfonamides is 1. The highest BCUT2D eigenvalue weighted by atomic mass is 32.2. The number of carbonyl (C=O) groups is 1. The summed E-state index contributed by atoms with van der Waals surface area (Å²) < 4.78 is 31.9. The molecule has 1 atom stereocenters. The summed E-state index contributed by atoms with van der Waals surface area (Å²) in [4.78, 5) is 21.3. The summed E-state index contributed by atoms with van der Waals surface area (Å²) in [5.41, 5.74) is -0.338. The molecule has 9 nitrogen and oxygen atoms in total. The quantitative estimate of drug-likeness (QED) is 0.689. The third-order valence-corrected chi connectivity index (χ3v) is 8.43. The van der Waals surface area contributed by atoms with Gasteiger partial charge in [0.25, 0.3) is 0 Å². The third-order valence-electron chi connectivity index (χ3n) is 6.64. The number of hydrogen-bond acceptors (Lipinski definition) is 7. The molecular formula is C19H31N5O4S. The number of hydrogen-bond donors (Lipinski definition) is 0. The van der Waals surface area contributed by atoms with Gasteiger partial charge >= 0.3 is 0 Å². The highest BCUT2D eigenvalue weighted by Crippen LogP contribution is 2.49. The zero-order valence-corrected chi connectivity index (χ0v) is 18.2. The Morgan fingerprint density at radius 2 is 1.86 bits per heavy atom. The number of rotatable bonds is 5. The minimum absolute atomic E-state index is 0.0657. The third kappa shape index (κ3) is 4.06. The minimum Gasteiger partial charge on any atom is -0.340 e. The SMILES string of the molecule is CCS(=O)(=O)N1CC(c2nc(C)no2)C2(CN(C(=O)CN3CCCCCC3)C2)C1. The van der Waals surface area contributed by atoms with Gasteiger partial charge in [-0.05, 0) is 39.8 Å². The Morgan fingerprint density at radius 3 is 2.45 bits per heavy atom. The van der Waals surface area contributed by atoms with Crippen molar-refractivity contribution in [1.29, 1.82) is 0 Å². The van der Waals surface area contributed by atoms with Gasteiger partial charge in [-0.25, -0.2) is 12.7 Å². The van der Waals surface area contributed by atoms with Crippen molar-refractivity contribution in [1.82, 2.24) is 24.2 Å². The van der Waals surface area contributed by atoms with E-state index in [9.17, 15) is 13.2 Å². The lowest BCUT2D eigenvalue weighted by molar-refractivity contribution is -0.144. The van der Waals surface area contributed by atoms with E-state index >= 15 is 0 Å². The molecule has 162 valence electrons. The molecule has 0 N–H and O–H groups in total. The molecule has 3 saturated heterocycles. The van der Waals surface area contributed by atoms with Crippen LogP contribution in [-0.2, 0) is 14.8 Å². The minimum atomic E-state index is -3.31. The van der Waals surface area contributed by atoms with Crippen LogP contribution in [0.2, 0.25) is 0 Å². The van der Waals surface area contributed by atoms with E-state index < -0.39 is 10.0 Å². The smallest absolute Gasteiger partial charge is 0.236 e. The Hall–Kier alpha value is -1.52. The summed E-state index contributed by atoms with van der Waals surface area (Å²) in [6.45, 7) is 7.67. The Labute approximate surface area is 172 Å². The molecule has 4 rings (SSSR count). The predicted molar refractivity (Wildman–Crippen MR) is 107 cm³/mol. The maximum atomic E-state index is 12.8. The van der Waals surface area contributed by atoms with E-state index in [2.05, 4.69) is 15.0 Å². The number of nitrogens with zero attached hydrogens (tertiary/aromatic N) is 5. The second-order valence-corrected chi connectivity index (χ2v) is 11.0. The van der Waals surface area contributed by atoms with Gasteiger partial charge in [-0.1, -0.05) is 18.0 Å². The maximum Gasteiger partial charge on any atom is 0.236 e. The second kappa shape index (κ2) is 7.96. The first-order chi connectivity index (χ1) is 13.8. The number of likely N-dealkylation sites (tertiary alicyclic amines) is 2. The Balaban J connectivity index is 1.46. The molecule has 1 aromatic heterocycles. The van der Waals surface area contributed by atoms with Gasteiger partial charge in [0, 0.05) is 31.6 Å². The van der Waals surface area contributed by atoms with Crippen molar-refractivity contribution in [2.45, 2.75) is 45.4 Å². The van der Waals surface area contributed by atoms with Crippen molar-refractivity contribution in [3.8, 4) is 0 Å². The monoisotopic (exact) mass is 425 g/mol. The summed E-state index contributed by atoms with van der Waals surface area (Å²) in [6.07, 6.45) is 4.79. The van der Waals surface area contributed by atoms with Crippen LogP contribution in [-0.4, -0.2) is 90.1 Å². The van der Waals surface area contributed by atoms with Crippen LogP contribution in [0.3, 0.4) is 0 Å². The van der Waals surface area contributed by atoms with E-state index in [4.69, 9.17) is 4.52 Å². The number of amides is 1. The van der Waals surface area contributed by atoms with Crippen LogP contribution in [0.1, 0.15) is 50.2 Å². The van der Waals surface area contributed by atoms with Crippen LogP contribution in [0.15, 0.2) is 4.52 Å². The van der Waals surface area contributed by atoms with Gasteiger partial charge in [0.1, 0.15) is 0 Å².